The maximum Gasteiger partial charge on any atom is 0.340 e. The molecule has 0 unspecified atom stereocenters. The summed E-state index contributed by atoms with van der Waals surface area (Å²) in [5.41, 5.74) is 5.26. The van der Waals surface area contributed by atoms with Crippen LogP contribution in [0.5, 0.6) is 0 Å². The lowest BCUT2D eigenvalue weighted by atomic mass is 10.0. The lowest BCUT2D eigenvalue weighted by Crippen LogP contribution is -2.09. The Kier molecular flexibility index (Phi) is 5.54. The van der Waals surface area contributed by atoms with Gasteiger partial charge in [0.25, 0.3) is 5.69 Å². The van der Waals surface area contributed by atoms with Crippen LogP contribution in [0, 0.1) is 37.8 Å². The number of aromatic nitrogens is 2. The fourth-order valence-corrected chi connectivity index (χ4v) is 3.56. The predicted octanol–water partition coefficient (Wildman–Crippen LogP) is 4.51. The lowest BCUT2D eigenvalue weighted by molar-refractivity contribution is -0.384. The number of nitro benzene ring substituents is 1. The van der Waals surface area contributed by atoms with Gasteiger partial charge in [-0.25, -0.2) is 4.79 Å². The van der Waals surface area contributed by atoms with Gasteiger partial charge in [0.1, 0.15) is 5.76 Å². The van der Waals surface area contributed by atoms with Gasteiger partial charge in [0, 0.05) is 34.6 Å². The highest BCUT2D eigenvalue weighted by Gasteiger charge is 2.26. The highest BCUT2D eigenvalue weighted by molar-refractivity contribution is 6.00. The Morgan fingerprint density at radius 2 is 1.83 bits per heavy atom. The van der Waals surface area contributed by atoms with Crippen molar-refractivity contribution in [1.29, 1.82) is 0 Å². The molecule has 0 fully saturated rings. The van der Waals surface area contributed by atoms with Crippen molar-refractivity contribution in [3.8, 4) is 11.1 Å². The van der Waals surface area contributed by atoms with Crippen LogP contribution in [0.4, 0.5) is 5.69 Å². The number of hydrogen-bond acceptors (Lipinski definition) is 6. The fourth-order valence-electron chi connectivity index (χ4n) is 3.56. The number of nitro groups is 1. The monoisotopic (exact) mass is 397 g/mol. The maximum atomic E-state index is 12.8. The van der Waals surface area contributed by atoms with E-state index in [-0.39, 0.29) is 12.3 Å². The molecule has 152 valence electrons. The Balaban J connectivity index is 2.18. The number of aryl methyl sites for hydroxylation is 2. The molecule has 0 aliphatic rings. The zero-order valence-corrected chi connectivity index (χ0v) is 17.1. The summed E-state index contributed by atoms with van der Waals surface area (Å²) in [7, 11) is 0. The van der Waals surface area contributed by atoms with E-state index >= 15 is 0 Å². The molecule has 0 spiro atoms. The molecule has 29 heavy (non-hydrogen) atoms. The number of benzene rings is 1. The summed E-state index contributed by atoms with van der Waals surface area (Å²) in [4.78, 5) is 23.3. The average Bonchev–Trinajstić information content (AvgIpc) is 3.13. The molecule has 3 rings (SSSR count). The van der Waals surface area contributed by atoms with Crippen molar-refractivity contribution in [3.63, 3.8) is 0 Å². The van der Waals surface area contributed by atoms with Gasteiger partial charge >= 0.3 is 5.97 Å². The van der Waals surface area contributed by atoms with Gasteiger partial charge in [-0.1, -0.05) is 5.16 Å². The normalized spacial score (nSPS) is 10.9. The van der Waals surface area contributed by atoms with E-state index in [4.69, 9.17) is 9.26 Å². The number of carbonyl (C=O) groups is 1. The molecule has 0 saturated heterocycles. The molecule has 3 aromatic rings. The number of nitrogens with zero attached hydrogens (tertiary/aromatic N) is 3. The zero-order chi connectivity index (χ0) is 21.3. The van der Waals surface area contributed by atoms with Gasteiger partial charge in [-0.15, -0.1) is 0 Å². The first-order chi connectivity index (χ1) is 13.8. The summed E-state index contributed by atoms with van der Waals surface area (Å²) in [6.07, 6.45) is 0. The molecule has 0 bridgehead atoms. The van der Waals surface area contributed by atoms with E-state index < -0.39 is 10.9 Å². The number of carbonyl (C=O) groups excluding carboxylic acids is 1. The third kappa shape index (κ3) is 3.65. The second-order valence-electron chi connectivity index (χ2n) is 6.83. The quantitative estimate of drug-likeness (QED) is 0.345. The minimum absolute atomic E-state index is 0.00374. The Bertz CT molecular complexity index is 1060. The predicted molar refractivity (Wildman–Crippen MR) is 107 cm³/mol. The second-order valence-corrected chi connectivity index (χ2v) is 6.83. The van der Waals surface area contributed by atoms with E-state index in [1.54, 1.807) is 19.1 Å². The van der Waals surface area contributed by atoms with Crippen LogP contribution < -0.4 is 0 Å². The van der Waals surface area contributed by atoms with Gasteiger partial charge in [0.05, 0.1) is 29.3 Å². The van der Waals surface area contributed by atoms with Crippen molar-refractivity contribution in [1.82, 2.24) is 9.72 Å². The topological polar surface area (TPSA) is 100 Å². The molecule has 8 nitrogen and oxygen atoms in total. The van der Waals surface area contributed by atoms with Crippen LogP contribution in [-0.2, 0) is 11.3 Å². The van der Waals surface area contributed by atoms with Crippen molar-refractivity contribution in [2.45, 2.75) is 41.2 Å². The number of hydrogen-bond donors (Lipinski definition) is 0. The maximum absolute atomic E-state index is 12.8. The number of esters is 1. The van der Waals surface area contributed by atoms with Crippen molar-refractivity contribution in [2.24, 2.45) is 0 Å². The van der Waals surface area contributed by atoms with Crippen molar-refractivity contribution >= 4 is 11.7 Å². The van der Waals surface area contributed by atoms with Crippen LogP contribution in [0.15, 0.2) is 28.8 Å². The van der Waals surface area contributed by atoms with Crippen LogP contribution in [0.1, 0.15) is 45.7 Å². The zero-order valence-electron chi connectivity index (χ0n) is 17.1. The van der Waals surface area contributed by atoms with Gasteiger partial charge < -0.3 is 13.8 Å². The summed E-state index contributed by atoms with van der Waals surface area (Å²) in [6, 6.07) is 6.18. The van der Waals surface area contributed by atoms with Crippen LogP contribution in [0.2, 0.25) is 0 Å². The Labute approximate surface area is 168 Å². The molecule has 0 amide bonds. The summed E-state index contributed by atoms with van der Waals surface area (Å²) in [5.74, 6) is 0.309. The van der Waals surface area contributed by atoms with Crippen LogP contribution >= 0.6 is 0 Å². The first-order valence-corrected chi connectivity index (χ1v) is 9.29. The molecule has 0 atom stereocenters. The summed E-state index contributed by atoms with van der Waals surface area (Å²) >= 11 is 0. The average molecular weight is 397 g/mol. The smallest absolute Gasteiger partial charge is 0.340 e. The Hall–Kier alpha value is -3.42. The molecule has 0 N–H and O–H groups in total. The molecule has 0 aliphatic carbocycles. The Morgan fingerprint density at radius 3 is 2.34 bits per heavy atom. The van der Waals surface area contributed by atoms with Gasteiger partial charge in [0.2, 0.25) is 0 Å². The van der Waals surface area contributed by atoms with Crippen LogP contribution in [0.3, 0.4) is 0 Å². The standard InChI is InChI=1S/C21H23N3O5/c1-6-28-21(25)20-14(4)23(11-18-12(2)22-29-15(18)5)13(3)19(20)16-7-9-17(10-8-16)24(26)27/h7-10H,6,11H2,1-5H3. The molecule has 2 aromatic heterocycles. The highest BCUT2D eigenvalue weighted by atomic mass is 16.6. The number of non-ortho nitro benzene ring substituents is 1. The van der Waals surface area contributed by atoms with Crippen molar-refractivity contribution in [2.75, 3.05) is 6.61 Å². The molecule has 1 aromatic carbocycles. The van der Waals surface area contributed by atoms with E-state index in [9.17, 15) is 14.9 Å². The molecular weight excluding hydrogens is 374 g/mol. The SMILES string of the molecule is CCOC(=O)c1c(-c2ccc([N+](=O)[O-])cc2)c(C)n(Cc2c(C)noc2C)c1C. The van der Waals surface area contributed by atoms with E-state index in [0.29, 0.717) is 17.7 Å². The molecule has 0 aliphatic heterocycles. The molecule has 8 heteroatoms. The number of ether oxygens (including phenoxy) is 1. The summed E-state index contributed by atoms with van der Waals surface area (Å²) in [5, 5.41) is 15.0. The molecule has 2 heterocycles. The van der Waals surface area contributed by atoms with E-state index in [0.717, 1.165) is 34.0 Å². The molecular formula is C21H23N3O5. The van der Waals surface area contributed by atoms with Crippen LogP contribution in [0.25, 0.3) is 11.1 Å². The van der Waals surface area contributed by atoms with E-state index in [1.165, 1.54) is 12.1 Å². The Morgan fingerprint density at radius 1 is 1.17 bits per heavy atom. The van der Waals surface area contributed by atoms with Crippen molar-refractivity contribution in [3.05, 3.63) is 68.3 Å². The van der Waals surface area contributed by atoms with Crippen LogP contribution in [-0.4, -0.2) is 27.2 Å². The fraction of sp³-hybridized carbons (Fsp3) is 0.333. The minimum Gasteiger partial charge on any atom is -0.462 e. The third-order valence-corrected chi connectivity index (χ3v) is 5.13. The lowest BCUT2D eigenvalue weighted by Gasteiger charge is -2.09. The largest absolute Gasteiger partial charge is 0.462 e. The molecule has 0 saturated carbocycles. The van der Waals surface area contributed by atoms with Gasteiger partial charge in [-0.3, -0.25) is 10.1 Å². The molecule has 0 radical (unpaired) electrons. The van der Waals surface area contributed by atoms with Gasteiger partial charge in [-0.2, -0.15) is 0 Å². The van der Waals surface area contributed by atoms with E-state index in [2.05, 4.69) is 5.16 Å². The first-order valence-electron chi connectivity index (χ1n) is 9.29. The minimum atomic E-state index is -0.448. The summed E-state index contributed by atoms with van der Waals surface area (Å²) < 4.78 is 12.6. The highest BCUT2D eigenvalue weighted by Crippen LogP contribution is 2.35. The number of rotatable bonds is 6. The summed E-state index contributed by atoms with van der Waals surface area (Å²) in [6.45, 7) is 10.0. The first kappa shape index (κ1) is 20.3. The second kappa shape index (κ2) is 7.90. The van der Waals surface area contributed by atoms with E-state index in [1.807, 2.05) is 32.3 Å². The van der Waals surface area contributed by atoms with Gasteiger partial charge in [0.15, 0.2) is 0 Å². The van der Waals surface area contributed by atoms with Gasteiger partial charge in [-0.05, 0) is 52.3 Å². The van der Waals surface area contributed by atoms with Crippen molar-refractivity contribution < 1.29 is 19.0 Å². The third-order valence-electron chi connectivity index (χ3n) is 5.13.